The van der Waals surface area contributed by atoms with Crippen LogP contribution < -0.4 is 10.5 Å². The van der Waals surface area contributed by atoms with Crippen molar-refractivity contribution in [2.45, 2.75) is 25.9 Å². The van der Waals surface area contributed by atoms with Gasteiger partial charge < -0.3 is 10.5 Å². The normalized spacial score (nSPS) is 11.9. The van der Waals surface area contributed by atoms with Gasteiger partial charge in [0.15, 0.2) is 0 Å². The van der Waals surface area contributed by atoms with Gasteiger partial charge in [-0.05, 0) is 48.7 Å². The van der Waals surface area contributed by atoms with E-state index in [9.17, 15) is 0 Å². The van der Waals surface area contributed by atoms with E-state index in [0.29, 0.717) is 6.54 Å². The Balaban J connectivity index is 2.13. The van der Waals surface area contributed by atoms with Crippen LogP contribution in [0.3, 0.4) is 0 Å². The molecule has 104 valence electrons. The molecule has 0 aliphatic carbocycles. The Hall–Kier alpha value is -2.20. The Morgan fingerprint density at radius 3 is 2.30 bits per heavy atom. The van der Waals surface area contributed by atoms with Gasteiger partial charge in [0.1, 0.15) is 11.5 Å². The highest BCUT2D eigenvalue weighted by atomic mass is 16.5. The molecule has 2 rings (SSSR count). The van der Waals surface area contributed by atoms with E-state index >= 15 is 0 Å². The summed E-state index contributed by atoms with van der Waals surface area (Å²) in [5.74, 6) is 1.55. The topological polar surface area (TPSA) is 71.5 Å². The Morgan fingerprint density at radius 1 is 1.10 bits per heavy atom. The van der Waals surface area contributed by atoms with Crippen LogP contribution in [-0.2, 0) is 13.0 Å². The Labute approximate surface area is 119 Å². The summed E-state index contributed by atoms with van der Waals surface area (Å²) in [6.45, 7) is 2.36. The van der Waals surface area contributed by atoms with Crippen LogP contribution in [0.4, 0.5) is 0 Å². The Morgan fingerprint density at radius 2 is 1.70 bits per heavy atom. The molecule has 0 fully saturated rings. The van der Waals surface area contributed by atoms with Crippen LogP contribution in [0.2, 0.25) is 0 Å². The molecule has 0 saturated carbocycles. The van der Waals surface area contributed by atoms with Crippen molar-refractivity contribution < 1.29 is 4.74 Å². The van der Waals surface area contributed by atoms with Gasteiger partial charge in [0.05, 0.1) is 6.54 Å². The Bertz CT molecular complexity index is 581. The van der Waals surface area contributed by atoms with Crippen molar-refractivity contribution in [2.75, 3.05) is 0 Å². The maximum Gasteiger partial charge on any atom is 0.127 e. The van der Waals surface area contributed by atoms with Crippen molar-refractivity contribution in [3.63, 3.8) is 0 Å². The van der Waals surface area contributed by atoms with E-state index in [1.54, 1.807) is 0 Å². The highest BCUT2D eigenvalue weighted by molar-refractivity contribution is 5.36. The number of nitrogens with zero attached hydrogens (tertiary/aromatic N) is 1. The second-order valence-corrected chi connectivity index (χ2v) is 4.89. The van der Waals surface area contributed by atoms with Crippen LogP contribution in [0, 0.1) is 5.53 Å². The van der Waals surface area contributed by atoms with Gasteiger partial charge >= 0.3 is 0 Å². The molecule has 4 heteroatoms. The van der Waals surface area contributed by atoms with E-state index in [1.807, 2.05) is 55.5 Å². The summed E-state index contributed by atoms with van der Waals surface area (Å²) in [5.41, 5.74) is 14.8. The zero-order valence-corrected chi connectivity index (χ0v) is 11.5. The standard InChI is InChI=1S/C16H19N3O/c1-12(17)8-13-4-2-6-15(9-13)20-16-7-3-5-14(10-16)11-19-18/h2-7,9-10,12,18H,8,11,17H2,1H3/t12-/m0/s1. The molecule has 0 bridgehead atoms. The van der Waals surface area contributed by atoms with Gasteiger partial charge in [0, 0.05) is 6.04 Å². The van der Waals surface area contributed by atoms with Crippen molar-refractivity contribution in [1.82, 2.24) is 0 Å². The second-order valence-electron chi connectivity index (χ2n) is 4.89. The third-order valence-electron chi connectivity index (χ3n) is 2.85. The number of nitrogens with one attached hydrogen (secondary N) is 1. The number of ether oxygens (including phenoxy) is 1. The highest BCUT2D eigenvalue weighted by Gasteiger charge is 2.02. The van der Waals surface area contributed by atoms with Crippen molar-refractivity contribution in [3.8, 4) is 11.5 Å². The number of benzene rings is 2. The van der Waals surface area contributed by atoms with Crippen LogP contribution in [0.15, 0.2) is 53.6 Å². The van der Waals surface area contributed by atoms with Gasteiger partial charge in [-0.1, -0.05) is 24.3 Å². The monoisotopic (exact) mass is 269 g/mol. The first kappa shape index (κ1) is 14.2. The molecular formula is C16H19N3O. The summed E-state index contributed by atoms with van der Waals surface area (Å²) in [6, 6.07) is 15.7. The van der Waals surface area contributed by atoms with Crippen molar-refractivity contribution >= 4 is 0 Å². The van der Waals surface area contributed by atoms with Crippen molar-refractivity contribution in [3.05, 3.63) is 59.7 Å². The van der Waals surface area contributed by atoms with Gasteiger partial charge in [0.2, 0.25) is 0 Å². The van der Waals surface area contributed by atoms with Gasteiger partial charge in [-0.2, -0.15) is 5.11 Å². The van der Waals surface area contributed by atoms with E-state index in [4.69, 9.17) is 16.0 Å². The average Bonchev–Trinajstić information content (AvgIpc) is 2.39. The maximum absolute atomic E-state index is 6.90. The molecule has 0 amide bonds. The summed E-state index contributed by atoms with van der Waals surface area (Å²) in [4.78, 5) is 0. The third-order valence-corrected chi connectivity index (χ3v) is 2.85. The van der Waals surface area contributed by atoms with Gasteiger partial charge in [-0.3, -0.25) is 0 Å². The zero-order chi connectivity index (χ0) is 14.4. The number of hydrogen-bond donors (Lipinski definition) is 2. The first-order valence-electron chi connectivity index (χ1n) is 6.62. The molecule has 0 spiro atoms. The van der Waals surface area contributed by atoms with Crippen LogP contribution in [0.25, 0.3) is 0 Å². The molecule has 1 atom stereocenters. The van der Waals surface area contributed by atoms with Crippen LogP contribution >= 0.6 is 0 Å². The summed E-state index contributed by atoms with van der Waals surface area (Å²) < 4.78 is 5.84. The number of hydrogen-bond acceptors (Lipinski definition) is 4. The molecule has 0 radical (unpaired) electrons. The molecule has 2 aromatic rings. The molecule has 4 nitrogen and oxygen atoms in total. The average molecular weight is 269 g/mol. The zero-order valence-electron chi connectivity index (χ0n) is 11.5. The fraction of sp³-hybridized carbons (Fsp3) is 0.250. The number of nitrogens with two attached hydrogens (primary N) is 1. The predicted molar refractivity (Wildman–Crippen MR) is 79.2 cm³/mol. The van der Waals surface area contributed by atoms with Crippen LogP contribution in [0.5, 0.6) is 11.5 Å². The molecule has 0 saturated heterocycles. The molecule has 0 aliphatic rings. The molecule has 0 heterocycles. The summed E-state index contributed by atoms with van der Waals surface area (Å²) in [5, 5.41) is 3.38. The molecular weight excluding hydrogens is 250 g/mol. The quantitative estimate of drug-likeness (QED) is 0.781. The lowest BCUT2D eigenvalue weighted by Crippen LogP contribution is -2.17. The molecule has 20 heavy (non-hydrogen) atoms. The summed E-state index contributed by atoms with van der Waals surface area (Å²) >= 11 is 0. The fourth-order valence-corrected chi connectivity index (χ4v) is 2.04. The highest BCUT2D eigenvalue weighted by Crippen LogP contribution is 2.23. The minimum absolute atomic E-state index is 0.132. The lowest BCUT2D eigenvalue weighted by atomic mass is 10.1. The van der Waals surface area contributed by atoms with Crippen LogP contribution in [0.1, 0.15) is 18.1 Å². The molecule has 0 aliphatic heterocycles. The summed E-state index contributed by atoms with van der Waals surface area (Å²) in [6.07, 6.45) is 0.828. The predicted octanol–water partition coefficient (Wildman–Crippen LogP) is 3.90. The molecule has 3 N–H and O–H groups in total. The minimum Gasteiger partial charge on any atom is -0.457 e. The Kier molecular flexibility index (Phi) is 4.85. The number of rotatable bonds is 6. The van der Waals surface area contributed by atoms with E-state index in [-0.39, 0.29) is 6.04 Å². The second kappa shape index (κ2) is 6.82. The largest absolute Gasteiger partial charge is 0.457 e. The van der Waals surface area contributed by atoms with Gasteiger partial charge in [-0.25, -0.2) is 5.53 Å². The smallest absolute Gasteiger partial charge is 0.127 e. The fourth-order valence-electron chi connectivity index (χ4n) is 2.04. The lowest BCUT2D eigenvalue weighted by molar-refractivity contribution is 0.481. The van der Waals surface area contributed by atoms with Crippen molar-refractivity contribution in [2.24, 2.45) is 10.8 Å². The van der Waals surface area contributed by atoms with E-state index in [1.165, 1.54) is 0 Å². The molecule has 0 aromatic heterocycles. The SMILES string of the molecule is C[C@H](N)Cc1cccc(Oc2cccc(CN=N)c2)c1. The van der Waals surface area contributed by atoms with Crippen LogP contribution in [-0.4, -0.2) is 6.04 Å². The summed E-state index contributed by atoms with van der Waals surface area (Å²) in [7, 11) is 0. The van der Waals surface area contributed by atoms with E-state index in [2.05, 4.69) is 5.11 Å². The molecule has 0 unspecified atom stereocenters. The molecule has 2 aromatic carbocycles. The van der Waals surface area contributed by atoms with Gasteiger partial charge in [-0.15, -0.1) is 0 Å². The third kappa shape index (κ3) is 4.17. The van der Waals surface area contributed by atoms with Gasteiger partial charge in [0.25, 0.3) is 0 Å². The first-order valence-corrected chi connectivity index (χ1v) is 6.62. The van der Waals surface area contributed by atoms with E-state index in [0.717, 1.165) is 29.0 Å². The minimum atomic E-state index is 0.132. The van der Waals surface area contributed by atoms with E-state index < -0.39 is 0 Å². The lowest BCUT2D eigenvalue weighted by Gasteiger charge is -2.10. The first-order chi connectivity index (χ1) is 9.67. The van der Waals surface area contributed by atoms with Crippen molar-refractivity contribution in [1.29, 1.82) is 5.53 Å². The maximum atomic E-state index is 6.90.